The van der Waals surface area contributed by atoms with Crippen molar-refractivity contribution >= 4 is 11.5 Å². The molecule has 1 aliphatic rings. The van der Waals surface area contributed by atoms with Gasteiger partial charge in [0.15, 0.2) is 0 Å². The summed E-state index contributed by atoms with van der Waals surface area (Å²) in [5.74, 6) is 0.0315. The molecule has 0 amide bonds. The Balaban J connectivity index is 2.40. The van der Waals surface area contributed by atoms with Crippen LogP contribution in [-0.2, 0) is 6.18 Å². The first-order valence-electron chi connectivity index (χ1n) is 7.02. The van der Waals surface area contributed by atoms with Crippen molar-refractivity contribution in [1.29, 1.82) is 5.41 Å². The van der Waals surface area contributed by atoms with Crippen LogP contribution in [0.3, 0.4) is 0 Å². The van der Waals surface area contributed by atoms with Crippen molar-refractivity contribution in [1.82, 2.24) is 0 Å². The first-order valence-corrected chi connectivity index (χ1v) is 7.02. The minimum absolute atomic E-state index is 0.206. The van der Waals surface area contributed by atoms with Gasteiger partial charge in [0.05, 0.1) is 5.56 Å². The van der Waals surface area contributed by atoms with Gasteiger partial charge < -0.3 is 10.6 Å². The Morgan fingerprint density at radius 1 is 1.33 bits per heavy atom. The molecular weight excluding hydrogens is 279 g/mol. The lowest BCUT2D eigenvalue weighted by molar-refractivity contribution is -0.137. The molecule has 1 aromatic rings. The van der Waals surface area contributed by atoms with E-state index >= 15 is 0 Å². The normalized spacial score (nSPS) is 23.2. The van der Waals surface area contributed by atoms with Gasteiger partial charge in [0, 0.05) is 23.8 Å². The fourth-order valence-corrected chi connectivity index (χ4v) is 2.97. The molecule has 0 spiro atoms. The second-order valence-corrected chi connectivity index (χ2v) is 5.81. The Kier molecular flexibility index (Phi) is 4.16. The van der Waals surface area contributed by atoms with E-state index in [1.54, 1.807) is 6.07 Å². The number of halogens is 3. The number of benzene rings is 1. The maximum Gasteiger partial charge on any atom is 0.417 e. The first kappa shape index (κ1) is 15.7. The molecular formula is C15H20F3N3. The van der Waals surface area contributed by atoms with Crippen LogP contribution in [0.5, 0.6) is 0 Å². The summed E-state index contributed by atoms with van der Waals surface area (Å²) in [4.78, 5) is 2.00. The van der Waals surface area contributed by atoms with Crippen LogP contribution in [0.4, 0.5) is 18.9 Å². The molecule has 2 rings (SSSR count). The van der Waals surface area contributed by atoms with Gasteiger partial charge in [-0.15, -0.1) is 0 Å². The molecule has 1 saturated heterocycles. The first-order chi connectivity index (χ1) is 9.70. The van der Waals surface area contributed by atoms with Crippen molar-refractivity contribution in [2.24, 2.45) is 11.7 Å². The van der Waals surface area contributed by atoms with E-state index in [1.165, 1.54) is 6.07 Å². The highest BCUT2D eigenvalue weighted by molar-refractivity contribution is 5.97. The van der Waals surface area contributed by atoms with Gasteiger partial charge in [-0.25, -0.2) is 0 Å². The molecule has 1 heterocycles. The predicted octanol–water partition coefficient (Wildman–Crippen LogP) is 3.61. The van der Waals surface area contributed by atoms with Crippen LogP contribution in [0, 0.1) is 11.3 Å². The van der Waals surface area contributed by atoms with Crippen molar-refractivity contribution in [3.05, 3.63) is 29.3 Å². The molecule has 0 aromatic heterocycles. The van der Waals surface area contributed by atoms with Gasteiger partial charge >= 0.3 is 6.18 Å². The second-order valence-electron chi connectivity index (χ2n) is 5.81. The number of nitrogens with two attached hydrogens (primary N) is 1. The Labute approximate surface area is 122 Å². The monoisotopic (exact) mass is 299 g/mol. The molecule has 1 aliphatic heterocycles. The van der Waals surface area contributed by atoms with Gasteiger partial charge in [-0.3, -0.25) is 5.41 Å². The van der Waals surface area contributed by atoms with Crippen LogP contribution in [-0.4, -0.2) is 18.4 Å². The zero-order chi connectivity index (χ0) is 15.8. The van der Waals surface area contributed by atoms with Gasteiger partial charge in [-0.05, 0) is 43.9 Å². The fourth-order valence-electron chi connectivity index (χ4n) is 2.97. The van der Waals surface area contributed by atoms with Crippen LogP contribution >= 0.6 is 0 Å². The number of rotatable bonds is 2. The number of amidine groups is 1. The van der Waals surface area contributed by atoms with Crippen LogP contribution < -0.4 is 10.6 Å². The lowest BCUT2D eigenvalue weighted by Crippen LogP contribution is -2.40. The minimum Gasteiger partial charge on any atom is -0.384 e. The van der Waals surface area contributed by atoms with Crippen molar-refractivity contribution in [2.45, 2.75) is 38.9 Å². The number of hydrogen-bond acceptors (Lipinski definition) is 2. The summed E-state index contributed by atoms with van der Waals surface area (Å²) in [6.07, 6.45) is -2.57. The van der Waals surface area contributed by atoms with Crippen molar-refractivity contribution in [3.63, 3.8) is 0 Å². The zero-order valence-corrected chi connectivity index (χ0v) is 12.2. The van der Waals surface area contributed by atoms with E-state index < -0.39 is 17.6 Å². The number of nitrogen functional groups attached to an aromatic ring is 1. The Morgan fingerprint density at radius 3 is 2.52 bits per heavy atom. The van der Waals surface area contributed by atoms with E-state index in [-0.39, 0.29) is 11.6 Å². The van der Waals surface area contributed by atoms with Gasteiger partial charge in [0.1, 0.15) is 5.84 Å². The predicted molar refractivity (Wildman–Crippen MR) is 77.7 cm³/mol. The van der Waals surface area contributed by atoms with Gasteiger partial charge in [0.2, 0.25) is 0 Å². The molecule has 3 nitrogen and oxygen atoms in total. The Morgan fingerprint density at radius 2 is 2.00 bits per heavy atom. The quantitative estimate of drug-likeness (QED) is 0.647. The number of hydrogen-bond donors (Lipinski definition) is 2. The van der Waals surface area contributed by atoms with E-state index in [0.717, 1.165) is 25.5 Å². The van der Waals surface area contributed by atoms with Crippen LogP contribution in [0.15, 0.2) is 18.2 Å². The highest BCUT2D eigenvalue weighted by Gasteiger charge is 2.35. The second kappa shape index (κ2) is 5.58. The van der Waals surface area contributed by atoms with E-state index in [9.17, 15) is 13.2 Å². The van der Waals surface area contributed by atoms with Crippen LogP contribution in [0.25, 0.3) is 0 Å². The lowest BCUT2D eigenvalue weighted by atomic mass is 9.92. The highest BCUT2D eigenvalue weighted by atomic mass is 19.4. The SMILES string of the molecule is CC1CCN(c2ccc(C(=N)N)c(C(F)(F)F)c2)C(C)C1. The summed E-state index contributed by atoms with van der Waals surface area (Å²) in [5, 5.41) is 7.30. The maximum absolute atomic E-state index is 13.1. The Bertz CT molecular complexity index is 539. The van der Waals surface area contributed by atoms with Gasteiger partial charge in [0.25, 0.3) is 0 Å². The fraction of sp³-hybridized carbons (Fsp3) is 0.533. The molecule has 21 heavy (non-hydrogen) atoms. The number of nitrogens with one attached hydrogen (secondary N) is 1. The molecule has 1 fully saturated rings. The van der Waals surface area contributed by atoms with E-state index in [4.69, 9.17) is 11.1 Å². The average molecular weight is 299 g/mol. The molecule has 3 N–H and O–H groups in total. The maximum atomic E-state index is 13.1. The molecule has 2 unspecified atom stereocenters. The summed E-state index contributed by atoms with van der Waals surface area (Å²) >= 11 is 0. The lowest BCUT2D eigenvalue weighted by Gasteiger charge is -2.38. The molecule has 0 aliphatic carbocycles. The molecule has 0 radical (unpaired) electrons. The number of nitrogens with zero attached hydrogens (tertiary/aromatic N) is 1. The average Bonchev–Trinajstić information content (AvgIpc) is 2.37. The molecule has 2 atom stereocenters. The minimum atomic E-state index is -4.51. The van der Waals surface area contributed by atoms with Crippen molar-refractivity contribution in [2.75, 3.05) is 11.4 Å². The summed E-state index contributed by atoms with van der Waals surface area (Å²) in [6, 6.07) is 4.24. The molecule has 0 bridgehead atoms. The number of piperidine rings is 1. The third kappa shape index (κ3) is 3.31. The number of alkyl halides is 3. The van der Waals surface area contributed by atoms with Crippen molar-refractivity contribution < 1.29 is 13.2 Å². The van der Waals surface area contributed by atoms with Gasteiger partial charge in [-0.2, -0.15) is 13.2 Å². The molecule has 6 heteroatoms. The van der Waals surface area contributed by atoms with Gasteiger partial charge in [-0.1, -0.05) is 6.92 Å². The summed E-state index contributed by atoms with van der Waals surface area (Å²) in [6.45, 7) is 4.94. The largest absolute Gasteiger partial charge is 0.417 e. The van der Waals surface area contributed by atoms with E-state index in [1.807, 2.05) is 11.8 Å². The smallest absolute Gasteiger partial charge is 0.384 e. The number of anilines is 1. The molecule has 0 saturated carbocycles. The summed E-state index contributed by atoms with van der Waals surface area (Å²) in [7, 11) is 0. The third-order valence-corrected chi connectivity index (χ3v) is 4.07. The van der Waals surface area contributed by atoms with E-state index in [0.29, 0.717) is 11.6 Å². The third-order valence-electron chi connectivity index (χ3n) is 4.07. The highest BCUT2D eigenvalue weighted by Crippen LogP contribution is 2.36. The zero-order valence-electron chi connectivity index (χ0n) is 12.2. The topological polar surface area (TPSA) is 53.1 Å². The van der Waals surface area contributed by atoms with Crippen molar-refractivity contribution in [3.8, 4) is 0 Å². The standard InChI is InChI=1S/C15H20F3N3/c1-9-5-6-21(10(2)7-9)11-3-4-12(14(19)20)13(8-11)15(16,17)18/h3-4,8-10H,5-7H2,1-2H3,(H3,19,20). The van der Waals surface area contributed by atoms with E-state index in [2.05, 4.69) is 6.92 Å². The molecule has 1 aromatic carbocycles. The van der Waals surface area contributed by atoms with Crippen LogP contribution in [0.2, 0.25) is 0 Å². The molecule has 116 valence electrons. The van der Waals surface area contributed by atoms with Crippen LogP contribution in [0.1, 0.15) is 37.8 Å². The Hall–Kier alpha value is -1.72. The summed E-state index contributed by atoms with van der Waals surface area (Å²) in [5.41, 5.74) is 4.71. The summed E-state index contributed by atoms with van der Waals surface area (Å²) < 4.78 is 39.4.